The van der Waals surface area contributed by atoms with E-state index in [0.29, 0.717) is 53.6 Å². The average molecular weight is 647 g/mol. The van der Waals surface area contributed by atoms with Crippen molar-refractivity contribution in [3.8, 4) is 17.4 Å². The predicted molar refractivity (Wildman–Crippen MR) is 155 cm³/mol. The van der Waals surface area contributed by atoms with Gasteiger partial charge in [-0.2, -0.15) is 13.2 Å². The molecule has 5 rings (SSSR count). The monoisotopic (exact) mass is 646 g/mol. The van der Waals surface area contributed by atoms with Crippen molar-refractivity contribution in [1.82, 2.24) is 14.9 Å². The van der Waals surface area contributed by atoms with Crippen molar-refractivity contribution < 1.29 is 32.2 Å². The maximum Gasteiger partial charge on any atom is 0.417 e. The zero-order valence-corrected chi connectivity index (χ0v) is 23.7. The van der Waals surface area contributed by atoms with E-state index in [1.54, 1.807) is 36.4 Å². The number of morpholine rings is 1. The third kappa shape index (κ3) is 7.38. The molecule has 10 nitrogen and oxygen atoms in total. The van der Waals surface area contributed by atoms with Crippen LogP contribution in [0.4, 0.5) is 35.0 Å². The lowest BCUT2D eigenvalue weighted by Gasteiger charge is -2.26. The number of alkyl halides is 3. The highest BCUT2D eigenvalue weighted by molar-refractivity contribution is 9.10. The number of anilines is 3. The zero-order chi connectivity index (χ0) is 29.7. The Bertz CT molecular complexity index is 1570. The molecule has 2 heterocycles. The topological polar surface area (TPSA) is 124 Å². The first-order valence-corrected chi connectivity index (χ1v) is 13.6. The molecule has 0 saturated carbocycles. The van der Waals surface area contributed by atoms with Crippen molar-refractivity contribution in [2.24, 2.45) is 0 Å². The van der Waals surface area contributed by atoms with Gasteiger partial charge < -0.3 is 30.6 Å². The van der Waals surface area contributed by atoms with Crippen LogP contribution in [0.25, 0.3) is 10.9 Å². The standard InChI is InChI=1S/C28H26BrF3N6O4/c29-22-6-3-18(13-21(22)28(30,31)32)37-27(39)36-17-1-4-19(5-2-17)42-26-20-14-23(33)25(15-24(20)34-16-35-26)41-12-9-38-7-10-40-11-8-38/h1-6,13-16H,7-12,33H2,(H2,36,37,39). The van der Waals surface area contributed by atoms with Crippen molar-refractivity contribution in [2.45, 2.75) is 6.18 Å². The molecule has 4 N–H and O–H groups in total. The largest absolute Gasteiger partial charge is 0.490 e. The lowest BCUT2D eigenvalue weighted by Crippen LogP contribution is -2.38. The molecule has 220 valence electrons. The van der Waals surface area contributed by atoms with Crippen molar-refractivity contribution in [2.75, 3.05) is 55.8 Å². The van der Waals surface area contributed by atoms with Crippen molar-refractivity contribution in [3.05, 3.63) is 71.0 Å². The summed E-state index contributed by atoms with van der Waals surface area (Å²) >= 11 is 2.87. The van der Waals surface area contributed by atoms with E-state index in [9.17, 15) is 18.0 Å². The molecule has 42 heavy (non-hydrogen) atoms. The summed E-state index contributed by atoms with van der Waals surface area (Å²) in [5, 5.41) is 5.55. The van der Waals surface area contributed by atoms with Crippen molar-refractivity contribution in [3.63, 3.8) is 0 Å². The molecule has 4 aromatic rings. The Labute approximate surface area is 247 Å². The molecule has 1 fully saturated rings. The van der Waals surface area contributed by atoms with Gasteiger partial charge in [-0.25, -0.2) is 14.8 Å². The second kappa shape index (κ2) is 12.8. The minimum atomic E-state index is -4.57. The van der Waals surface area contributed by atoms with Crippen LogP contribution in [0.5, 0.6) is 17.4 Å². The van der Waals surface area contributed by atoms with Crippen LogP contribution < -0.4 is 25.8 Å². The normalized spacial score (nSPS) is 14.0. The Hall–Kier alpha value is -4.14. The van der Waals surface area contributed by atoms with Crippen LogP contribution in [-0.2, 0) is 10.9 Å². The molecule has 0 spiro atoms. The summed E-state index contributed by atoms with van der Waals surface area (Å²) in [6, 6.07) is 12.5. The third-order valence-electron chi connectivity index (χ3n) is 6.36. The van der Waals surface area contributed by atoms with Gasteiger partial charge in [0.15, 0.2) is 0 Å². The molecular formula is C28H26BrF3N6O4. The number of amides is 2. The number of rotatable bonds is 8. The quantitative estimate of drug-likeness (QED) is 0.195. The van der Waals surface area contributed by atoms with Gasteiger partial charge in [0.1, 0.15) is 24.4 Å². The lowest BCUT2D eigenvalue weighted by molar-refractivity contribution is -0.138. The molecule has 0 bridgehead atoms. The number of benzene rings is 3. The number of nitrogens with zero attached hydrogens (tertiary/aromatic N) is 3. The maximum atomic E-state index is 13.1. The number of nitrogens with two attached hydrogens (primary N) is 1. The molecule has 3 aromatic carbocycles. The third-order valence-corrected chi connectivity index (χ3v) is 7.05. The maximum absolute atomic E-state index is 13.1. The average Bonchev–Trinajstić information content (AvgIpc) is 2.96. The molecule has 0 atom stereocenters. The Kier molecular flexibility index (Phi) is 8.94. The first-order valence-electron chi connectivity index (χ1n) is 12.9. The number of hydrogen-bond donors (Lipinski definition) is 3. The molecule has 0 aliphatic carbocycles. The van der Waals surface area contributed by atoms with Crippen molar-refractivity contribution >= 4 is 49.9 Å². The molecule has 0 radical (unpaired) electrons. The van der Waals surface area contributed by atoms with Crippen LogP contribution in [0.15, 0.2) is 65.4 Å². The molecule has 0 unspecified atom stereocenters. The van der Waals surface area contributed by atoms with E-state index in [1.165, 1.54) is 18.5 Å². The van der Waals surface area contributed by atoms with E-state index in [0.717, 1.165) is 25.7 Å². The Balaban J connectivity index is 1.20. The second-order valence-corrected chi connectivity index (χ2v) is 10.1. The van der Waals surface area contributed by atoms with Gasteiger partial charge in [-0.3, -0.25) is 4.90 Å². The van der Waals surface area contributed by atoms with E-state index >= 15 is 0 Å². The number of nitrogens with one attached hydrogen (secondary N) is 2. The van der Waals surface area contributed by atoms with Gasteiger partial charge in [0.05, 0.1) is 35.4 Å². The molecule has 1 saturated heterocycles. The highest BCUT2D eigenvalue weighted by atomic mass is 79.9. The number of ether oxygens (including phenoxy) is 3. The summed E-state index contributed by atoms with van der Waals surface area (Å²) in [6.45, 7) is 4.40. The minimum absolute atomic E-state index is 0.0106. The number of aromatic nitrogens is 2. The van der Waals surface area contributed by atoms with Crippen LogP contribution in [0.2, 0.25) is 0 Å². The number of nitrogen functional groups attached to an aromatic ring is 1. The van der Waals surface area contributed by atoms with Crippen LogP contribution in [0.1, 0.15) is 5.56 Å². The summed E-state index contributed by atoms with van der Waals surface area (Å²) in [5.41, 5.74) is 6.75. The fourth-order valence-electron chi connectivity index (χ4n) is 4.22. The Morgan fingerprint density at radius 3 is 2.48 bits per heavy atom. The van der Waals surface area contributed by atoms with Gasteiger partial charge in [-0.15, -0.1) is 0 Å². The molecule has 2 amide bonds. The highest BCUT2D eigenvalue weighted by Crippen LogP contribution is 2.37. The van der Waals surface area contributed by atoms with Crippen molar-refractivity contribution in [1.29, 1.82) is 0 Å². The summed E-state index contributed by atoms with van der Waals surface area (Å²) in [4.78, 5) is 23.2. The van der Waals surface area contributed by atoms with E-state index in [1.807, 2.05) is 0 Å². The van der Waals surface area contributed by atoms with E-state index in [2.05, 4.69) is 41.4 Å². The van der Waals surface area contributed by atoms with Gasteiger partial charge in [0.25, 0.3) is 0 Å². The van der Waals surface area contributed by atoms with Gasteiger partial charge in [-0.1, -0.05) is 15.9 Å². The van der Waals surface area contributed by atoms with Crippen LogP contribution >= 0.6 is 15.9 Å². The number of fused-ring (bicyclic) bond motifs is 1. The van der Waals surface area contributed by atoms with Gasteiger partial charge in [0.2, 0.25) is 5.88 Å². The van der Waals surface area contributed by atoms with Gasteiger partial charge >= 0.3 is 12.2 Å². The fourth-order valence-corrected chi connectivity index (χ4v) is 4.70. The summed E-state index contributed by atoms with van der Waals surface area (Å²) in [7, 11) is 0. The minimum Gasteiger partial charge on any atom is -0.490 e. The van der Waals surface area contributed by atoms with E-state index in [4.69, 9.17) is 19.9 Å². The summed E-state index contributed by atoms with van der Waals surface area (Å²) in [5.74, 6) is 1.22. The smallest absolute Gasteiger partial charge is 0.417 e. The number of halogens is 4. The molecule has 14 heteroatoms. The first kappa shape index (κ1) is 29.4. The van der Waals surface area contributed by atoms with E-state index in [-0.39, 0.29) is 16.0 Å². The lowest BCUT2D eigenvalue weighted by atomic mass is 10.2. The molecule has 1 aromatic heterocycles. The molecular weight excluding hydrogens is 621 g/mol. The predicted octanol–water partition coefficient (Wildman–Crippen LogP) is 6.14. The zero-order valence-electron chi connectivity index (χ0n) is 22.1. The number of urea groups is 1. The number of carbonyl (C=O) groups excluding carboxylic acids is 1. The Morgan fingerprint density at radius 2 is 1.74 bits per heavy atom. The molecule has 1 aliphatic rings. The second-order valence-electron chi connectivity index (χ2n) is 9.29. The first-order chi connectivity index (χ1) is 20.2. The SMILES string of the molecule is Nc1cc2c(Oc3ccc(NC(=O)Nc4ccc(Br)c(C(F)(F)F)c4)cc3)ncnc2cc1OCCN1CCOCC1. The number of carbonyl (C=O) groups is 1. The van der Waals surface area contributed by atoms with Gasteiger partial charge in [-0.05, 0) is 48.5 Å². The van der Waals surface area contributed by atoms with Gasteiger partial charge in [0, 0.05) is 41.5 Å². The Morgan fingerprint density at radius 1 is 1.02 bits per heavy atom. The summed E-state index contributed by atoms with van der Waals surface area (Å²) in [6.07, 6.45) is -3.19. The highest BCUT2D eigenvalue weighted by Gasteiger charge is 2.33. The van der Waals surface area contributed by atoms with E-state index < -0.39 is 17.8 Å². The van der Waals surface area contributed by atoms with Crippen LogP contribution in [-0.4, -0.2) is 60.4 Å². The summed E-state index contributed by atoms with van der Waals surface area (Å²) < 4.78 is 56.5. The van der Waals surface area contributed by atoms with Crippen LogP contribution in [0, 0.1) is 0 Å². The molecule has 1 aliphatic heterocycles. The van der Waals surface area contributed by atoms with Crippen LogP contribution in [0.3, 0.4) is 0 Å². The fraction of sp³-hybridized carbons (Fsp3) is 0.250. The number of hydrogen-bond acceptors (Lipinski definition) is 8.